The molecule has 18 heteroatoms. The number of nitrogens with zero attached hydrogens (tertiary/aromatic N) is 4. The molecule has 0 bridgehead atoms. The molecule has 0 amide bonds. The van der Waals surface area contributed by atoms with E-state index in [1.807, 2.05) is 72.8 Å². The van der Waals surface area contributed by atoms with Crippen LogP contribution >= 0.6 is 23.2 Å². The van der Waals surface area contributed by atoms with E-state index in [9.17, 15) is 19.8 Å². The van der Waals surface area contributed by atoms with Gasteiger partial charge < -0.3 is 52.2 Å². The zero-order valence-corrected chi connectivity index (χ0v) is 36.3. The van der Waals surface area contributed by atoms with Crippen molar-refractivity contribution in [1.29, 1.82) is 0 Å². The maximum absolute atomic E-state index is 10.2. The van der Waals surface area contributed by atoms with Gasteiger partial charge in [-0.3, -0.25) is 19.9 Å². The largest absolute Gasteiger partial charge is 2.00 e. The number of rotatable bonds is 4. The van der Waals surface area contributed by atoms with Crippen molar-refractivity contribution in [2.24, 2.45) is 0 Å². The van der Waals surface area contributed by atoms with Crippen LogP contribution in [-0.2, 0) is 21.9 Å². The van der Waals surface area contributed by atoms with Crippen molar-refractivity contribution in [3.05, 3.63) is 167 Å². The summed E-state index contributed by atoms with van der Waals surface area (Å²) in [5.41, 5.74) is 3.87. The molecule has 0 N–H and O–H groups in total. The molecular weight excluding hydrogens is 1170 g/mol. The van der Waals surface area contributed by atoms with Crippen molar-refractivity contribution in [2.45, 2.75) is 0 Å². The van der Waals surface area contributed by atoms with Crippen LogP contribution in [-0.4, -0.2) is 31.9 Å². The third-order valence-corrected chi connectivity index (χ3v) is 5.78. The van der Waals surface area contributed by atoms with Gasteiger partial charge in [0.1, 0.15) is 0 Å². The molecule has 0 radical (unpaired) electrons. The Morgan fingerprint density at radius 3 is 0.827 bits per heavy atom. The summed E-state index contributed by atoms with van der Waals surface area (Å²) in [6.45, 7) is 0. The van der Waals surface area contributed by atoms with Crippen LogP contribution in [0.25, 0.3) is 22.8 Å². The number of hydrogen-bond donors (Lipinski definition) is 0. The number of carbonyl (C=O) groups is 2. The van der Waals surface area contributed by atoms with E-state index in [4.69, 9.17) is 33.7 Å². The van der Waals surface area contributed by atoms with Crippen molar-refractivity contribution >= 4 is 35.1 Å². The average Bonchev–Trinajstić information content (AvgIpc) is 3.11. The maximum Gasteiger partial charge on any atom is 0.0886 e. The Morgan fingerprint density at radius 2 is 0.673 bits per heavy atom. The molecule has 0 aliphatic rings. The SMILES string of the molecule is O=C([O-])c1cccc(Cl)c1.O=C([O-])c1cccc(Cl)c1.[O-2].[O-2].[O-2].[O-2].[O-][O-].[U].[U].c1ccc(-c2ccccn2)nc1.c1ccc(-c2ccccn2)nc1. The van der Waals surface area contributed by atoms with Gasteiger partial charge in [-0.25, -0.2) is 0 Å². The van der Waals surface area contributed by atoms with Gasteiger partial charge in [0.05, 0.1) is 34.7 Å². The van der Waals surface area contributed by atoms with Crippen molar-refractivity contribution in [3.63, 3.8) is 0 Å². The standard InChI is InChI=1S/2C10H8N2.2C7H5ClO2.O2.4O.2U/c2*1-3-7-11-9(5-1)10-6-2-4-8-12-10;2*8-6-3-1-2-5(4-6)7(9)10;1-2;;;;;;/h2*1-8H;2*1-4H,(H,9,10);;;;;;;/q;;;;5*-2;;/p-2. The summed E-state index contributed by atoms with van der Waals surface area (Å²) in [5, 5.41) is 35.2. The van der Waals surface area contributed by atoms with E-state index < -0.39 is 11.9 Å². The maximum atomic E-state index is 10.2. The van der Waals surface area contributed by atoms with E-state index in [1.165, 1.54) is 24.3 Å². The molecule has 4 aromatic heterocycles. The summed E-state index contributed by atoms with van der Waals surface area (Å²) in [6.07, 6.45) is 7.07. The van der Waals surface area contributed by atoms with Crippen molar-refractivity contribution < 1.29 is 114 Å². The molecule has 0 aliphatic carbocycles. The van der Waals surface area contributed by atoms with E-state index in [0.29, 0.717) is 10.0 Å². The molecule has 0 unspecified atom stereocenters. The molecule has 0 fully saturated rings. The molecule has 4 heterocycles. The minimum atomic E-state index is -1.21. The summed E-state index contributed by atoms with van der Waals surface area (Å²) in [4.78, 5) is 37.1. The molecule has 0 saturated heterocycles. The number of aromatic nitrogens is 4. The predicted octanol–water partition coefficient (Wildman–Crippen LogP) is 2.84. The topological polar surface area (TPSA) is 292 Å². The van der Waals surface area contributed by atoms with Gasteiger partial charge in [-0.1, -0.05) is 71.7 Å². The molecule has 0 atom stereocenters. The quantitative estimate of drug-likeness (QED) is 0.184. The number of carbonyl (C=O) groups excluding carboxylic acids is 2. The van der Waals surface area contributed by atoms with E-state index in [0.717, 1.165) is 22.8 Å². The van der Waals surface area contributed by atoms with Crippen molar-refractivity contribution in [3.8, 4) is 22.8 Å². The molecular formula is C34H24Cl2N4O10U2-12. The molecule has 0 saturated carbocycles. The zero-order chi connectivity index (χ0) is 33.6. The molecule has 14 nitrogen and oxygen atoms in total. The van der Waals surface area contributed by atoms with Crippen LogP contribution in [0.1, 0.15) is 20.7 Å². The Kier molecular flexibility index (Phi) is 38.3. The second kappa shape index (κ2) is 34.5. The smallest absolute Gasteiger partial charge is 0.0886 e. The second-order valence-corrected chi connectivity index (χ2v) is 9.33. The number of benzene rings is 2. The summed E-state index contributed by atoms with van der Waals surface area (Å²) < 4.78 is 0. The van der Waals surface area contributed by atoms with Crippen LogP contribution in [0.4, 0.5) is 0 Å². The Balaban J connectivity index is -0.000000180. The fourth-order valence-corrected chi connectivity index (χ4v) is 3.67. The molecule has 2 aromatic carbocycles. The number of hydrogen-bond acceptors (Lipinski definition) is 10. The first kappa shape index (κ1) is 57.8. The predicted molar refractivity (Wildman–Crippen MR) is 169 cm³/mol. The number of halogens is 2. The minimum absolute atomic E-state index is 0. The first-order chi connectivity index (χ1) is 22.3. The molecule has 274 valence electrons. The third kappa shape index (κ3) is 23.1. The summed E-state index contributed by atoms with van der Waals surface area (Å²) in [5.74, 6) is -2.41. The van der Waals surface area contributed by atoms with Crippen LogP contribution in [0.15, 0.2) is 146 Å². The van der Waals surface area contributed by atoms with Gasteiger partial charge in [0, 0.05) is 97.1 Å². The molecule has 0 aliphatic heterocycles. The van der Waals surface area contributed by atoms with Gasteiger partial charge in [0.25, 0.3) is 0 Å². The molecule has 6 rings (SSSR count). The van der Waals surface area contributed by atoms with Crippen LogP contribution in [0, 0.1) is 62.2 Å². The molecule has 52 heavy (non-hydrogen) atoms. The minimum Gasteiger partial charge on any atom is -2.00 e. The molecule has 6 aromatic rings. The van der Waals surface area contributed by atoms with E-state index in [1.54, 1.807) is 49.1 Å². The summed E-state index contributed by atoms with van der Waals surface area (Å²) >= 11 is 11.0. The van der Waals surface area contributed by atoms with Gasteiger partial charge in [-0.05, 0) is 83.9 Å². The fraction of sp³-hybridized carbons (Fsp3) is 0. The summed E-state index contributed by atoms with van der Waals surface area (Å²) in [6, 6.07) is 35.1. The number of carboxylic acid groups (broad SMARTS) is 2. The van der Waals surface area contributed by atoms with Crippen LogP contribution < -0.4 is 20.7 Å². The van der Waals surface area contributed by atoms with E-state index >= 15 is 0 Å². The Hall–Kier alpha value is -3.58. The van der Waals surface area contributed by atoms with Gasteiger partial charge in [-0.2, -0.15) is 0 Å². The van der Waals surface area contributed by atoms with Gasteiger partial charge in [0.2, 0.25) is 0 Å². The van der Waals surface area contributed by atoms with Gasteiger partial charge in [-0.15, -0.1) is 0 Å². The van der Waals surface area contributed by atoms with E-state index in [-0.39, 0.29) is 95.3 Å². The van der Waals surface area contributed by atoms with Crippen LogP contribution in [0.5, 0.6) is 0 Å². The first-order valence-corrected chi connectivity index (χ1v) is 13.8. The summed E-state index contributed by atoms with van der Waals surface area (Å²) in [7, 11) is 0. The van der Waals surface area contributed by atoms with Gasteiger partial charge >= 0.3 is 0 Å². The monoisotopic (exact) mass is 1190 g/mol. The normalized spacial score (nSPS) is 8.15. The van der Waals surface area contributed by atoms with Gasteiger partial charge in [0.15, 0.2) is 0 Å². The van der Waals surface area contributed by atoms with E-state index in [2.05, 4.69) is 19.9 Å². The van der Waals surface area contributed by atoms with Crippen molar-refractivity contribution in [1.82, 2.24) is 19.9 Å². The fourth-order valence-electron chi connectivity index (χ4n) is 3.29. The Bertz CT molecular complexity index is 1550. The number of aromatic carboxylic acids is 2. The number of carboxylic acids is 2. The van der Waals surface area contributed by atoms with Crippen molar-refractivity contribution in [2.75, 3.05) is 0 Å². The zero-order valence-electron chi connectivity index (χ0n) is 26.5. The average molecular weight is 1200 g/mol. The first-order valence-electron chi connectivity index (χ1n) is 13.1. The molecule has 0 spiro atoms. The number of pyridine rings is 4. The van der Waals surface area contributed by atoms with Crippen LogP contribution in [0.3, 0.4) is 0 Å². The Labute approximate surface area is 356 Å². The third-order valence-electron chi connectivity index (χ3n) is 5.31. The second-order valence-electron chi connectivity index (χ2n) is 8.46. The van der Waals surface area contributed by atoms with Crippen LogP contribution in [0.2, 0.25) is 10.0 Å². The Morgan fingerprint density at radius 1 is 0.423 bits per heavy atom.